The van der Waals surface area contributed by atoms with Gasteiger partial charge in [-0.25, -0.2) is 0 Å². The second-order valence-electron chi connectivity index (χ2n) is 12.8. The van der Waals surface area contributed by atoms with E-state index in [1.54, 1.807) is 7.11 Å². The van der Waals surface area contributed by atoms with Crippen LogP contribution in [-0.2, 0) is 24.4 Å². The Morgan fingerprint density at radius 2 is 1.74 bits per heavy atom. The third-order valence-electron chi connectivity index (χ3n) is 9.86. The molecule has 1 aromatic heterocycles. The van der Waals surface area contributed by atoms with Gasteiger partial charge in [-0.05, 0) is 60.4 Å². The van der Waals surface area contributed by atoms with Gasteiger partial charge >= 0.3 is 0 Å². The standard InChI is InChI=1S/C36H42Cl2N6O2/c1-46-28-9-7-25(8-10-28)30-22-42(15-3-12-41-36(45)34-18-39-13-14-40-34)35-11-6-24(16-29(30)35)19-43-20-27-17-26(43)21-44(27)23-31-32(37)4-2-5-33(31)38/h2,4-11,16,22,26-27,34,39-40H,3,12-15,17-21,23H2,1H3,(H,41,45). The molecule has 3 atom stereocenters. The lowest BCUT2D eigenvalue weighted by molar-refractivity contribution is -0.123. The van der Waals surface area contributed by atoms with E-state index in [4.69, 9.17) is 27.9 Å². The molecule has 242 valence electrons. The van der Waals surface area contributed by atoms with E-state index in [0.29, 0.717) is 25.2 Å². The Morgan fingerprint density at radius 3 is 2.43 bits per heavy atom. The molecule has 3 saturated heterocycles. The zero-order valence-electron chi connectivity index (χ0n) is 26.3. The Balaban J connectivity index is 1.05. The topological polar surface area (TPSA) is 73.8 Å². The van der Waals surface area contributed by atoms with Gasteiger partial charge in [0.2, 0.25) is 5.91 Å². The van der Waals surface area contributed by atoms with Gasteiger partial charge in [0.05, 0.1) is 13.2 Å². The van der Waals surface area contributed by atoms with Crippen LogP contribution >= 0.6 is 23.2 Å². The molecule has 3 fully saturated rings. The van der Waals surface area contributed by atoms with Gasteiger partial charge in [-0.1, -0.05) is 47.5 Å². The van der Waals surface area contributed by atoms with Crippen molar-refractivity contribution >= 4 is 40.0 Å². The normalized spacial score (nSPS) is 21.7. The van der Waals surface area contributed by atoms with Crippen LogP contribution in [0.5, 0.6) is 5.75 Å². The molecule has 46 heavy (non-hydrogen) atoms. The maximum atomic E-state index is 12.6. The summed E-state index contributed by atoms with van der Waals surface area (Å²) in [7, 11) is 1.70. The lowest BCUT2D eigenvalue weighted by atomic mass is 10.0. The zero-order chi connectivity index (χ0) is 31.6. The third-order valence-corrected chi connectivity index (χ3v) is 10.6. The van der Waals surface area contributed by atoms with Crippen molar-refractivity contribution in [2.45, 2.75) is 50.6 Å². The molecule has 3 aromatic carbocycles. The number of ether oxygens (including phenoxy) is 1. The quantitative estimate of drug-likeness (QED) is 0.193. The van der Waals surface area contributed by atoms with Crippen LogP contribution in [0.25, 0.3) is 22.0 Å². The van der Waals surface area contributed by atoms with Gasteiger partial charge in [-0.2, -0.15) is 0 Å². The Bertz CT molecular complexity index is 1670. The lowest BCUT2D eigenvalue weighted by Gasteiger charge is -2.34. The molecule has 0 aliphatic carbocycles. The van der Waals surface area contributed by atoms with Crippen LogP contribution in [0, 0.1) is 0 Å². The number of benzene rings is 3. The molecule has 7 rings (SSSR count). The van der Waals surface area contributed by atoms with Crippen LogP contribution in [0.2, 0.25) is 10.0 Å². The van der Waals surface area contributed by atoms with Crippen LogP contribution in [0.1, 0.15) is 24.0 Å². The summed E-state index contributed by atoms with van der Waals surface area (Å²) in [6.07, 6.45) is 4.30. The smallest absolute Gasteiger partial charge is 0.238 e. The second-order valence-corrected chi connectivity index (χ2v) is 13.6. The molecule has 3 aliphatic heterocycles. The van der Waals surface area contributed by atoms with Gasteiger partial charge in [-0.15, -0.1) is 0 Å². The fraction of sp³-hybridized carbons (Fsp3) is 0.417. The first kappa shape index (κ1) is 31.5. The molecule has 3 aliphatic rings. The van der Waals surface area contributed by atoms with Crippen LogP contribution in [0.3, 0.4) is 0 Å². The fourth-order valence-electron chi connectivity index (χ4n) is 7.39. The molecular formula is C36H42Cl2N6O2. The molecule has 10 heteroatoms. The molecular weight excluding hydrogens is 619 g/mol. The van der Waals surface area contributed by atoms with Gasteiger partial charge in [0.1, 0.15) is 5.75 Å². The van der Waals surface area contributed by atoms with E-state index in [9.17, 15) is 4.79 Å². The molecule has 0 spiro atoms. The average Bonchev–Trinajstić information content (AvgIpc) is 3.78. The monoisotopic (exact) mass is 660 g/mol. The van der Waals surface area contributed by atoms with Crippen molar-refractivity contribution in [3.63, 3.8) is 0 Å². The van der Waals surface area contributed by atoms with Crippen molar-refractivity contribution in [2.75, 3.05) is 46.4 Å². The predicted octanol–water partition coefficient (Wildman–Crippen LogP) is 5.15. The highest BCUT2D eigenvalue weighted by Gasteiger charge is 2.43. The number of carbonyl (C=O) groups is 1. The molecule has 2 bridgehead atoms. The number of hydrogen-bond donors (Lipinski definition) is 3. The largest absolute Gasteiger partial charge is 0.497 e. The van der Waals surface area contributed by atoms with E-state index in [1.807, 2.05) is 30.3 Å². The highest BCUT2D eigenvalue weighted by Crippen LogP contribution is 2.37. The van der Waals surface area contributed by atoms with E-state index >= 15 is 0 Å². The molecule has 3 unspecified atom stereocenters. The van der Waals surface area contributed by atoms with Crippen molar-refractivity contribution in [3.05, 3.63) is 88.0 Å². The second kappa shape index (κ2) is 13.9. The number of halogens is 2. The fourth-order valence-corrected chi connectivity index (χ4v) is 7.91. The number of aromatic nitrogens is 1. The van der Waals surface area contributed by atoms with Crippen molar-refractivity contribution in [1.29, 1.82) is 0 Å². The van der Waals surface area contributed by atoms with Crippen molar-refractivity contribution in [2.24, 2.45) is 0 Å². The average molecular weight is 662 g/mol. The SMILES string of the molecule is COc1ccc(-c2cn(CCCNC(=O)C3CNCCN3)c3ccc(CN4CC5CC4CN5Cc4c(Cl)cccc4Cl)cc23)cc1. The number of fused-ring (bicyclic) bond motifs is 3. The summed E-state index contributed by atoms with van der Waals surface area (Å²) < 4.78 is 7.76. The summed E-state index contributed by atoms with van der Waals surface area (Å²) in [5, 5.41) is 12.4. The minimum Gasteiger partial charge on any atom is -0.497 e. The summed E-state index contributed by atoms with van der Waals surface area (Å²) in [5.74, 6) is 0.918. The Kier molecular flexibility index (Phi) is 9.54. The number of piperazine rings is 2. The van der Waals surface area contributed by atoms with Gasteiger partial charge < -0.3 is 25.3 Å². The number of nitrogens with zero attached hydrogens (tertiary/aromatic N) is 3. The van der Waals surface area contributed by atoms with Crippen LogP contribution in [0.4, 0.5) is 0 Å². The van der Waals surface area contributed by atoms with E-state index in [-0.39, 0.29) is 11.9 Å². The van der Waals surface area contributed by atoms with Gasteiger partial charge in [0, 0.05) is 109 Å². The highest BCUT2D eigenvalue weighted by molar-refractivity contribution is 6.36. The molecule has 0 radical (unpaired) electrons. The number of rotatable bonds is 11. The van der Waals surface area contributed by atoms with Gasteiger partial charge in [-0.3, -0.25) is 14.6 Å². The van der Waals surface area contributed by atoms with Gasteiger partial charge in [0.25, 0.3) is 0 Å². The number of carbonyl (C=O) groups excluding carboxylic acids is 1. The number of hydrogen-bond acceptors (Lipinski definition) is 6. The summed E-state index contributed by atoms with van der Waals surface area (Å²) in [6.45, 7) is 7.68. The number of likely N-dealkylation sites (tertiary alicyclic amines) is 2. The lowest BCUT2D eigenvalue weighted by Crippen LogP contribution is -2.55. The Labute approximate surface area is 281 Å². The molecule has 4 aromatic rings. The van der Waals surface area contributed by atoms with E-state index in [1.165, 1.54) is 34.0 Å². The number of methoxy groups -OCH3 is 1. The van der Waals surface area contributed by atoms with E-state index < -0.39 is 0 Å². The molecule has 3 N–H and O–H groups in total. The Hall–Kier alpha value is -3.11. The third kappa shape index (κ3) is 6.65. The van der Waals surface area contributed by atoms with Crippen LogP contribution < -0.4 is 20.7 Å². The maximum Gasteiger partial charge on any atom is 0.238 e. The minimum absolute atomic E-state index is 0.0690. The summed E-state index contributed by atoms with van der Waals surface area (Å²) in [5.41, 5.74) is 5.96. The minimum atomic E-state index is -0.156. The first-order valence-corrected chi connectivity index (χ1v) is 17.1. The van der Waals surface area contributed by atoms with Crippen molar-refractivity contribution in [1.82, 2.24) is 30.3 Å². The highest BCUT2D eigenvalue weighted by atomic mass is 35.5. The number of nitrogens with one attached hydrogen (secondary N) is 3. The van der Waals surface area contributed by atoms with E-state index in [0.717, 1.165) is 73.6 Å². The summed E-state index contributed by atoms with van der Waals surface area (Å²) in [6, 6.07) is 21.9. The van der Waals surface area contributed by atoms with Crippen molar-refractivity contribution < 1.29 is 9.53 Å². The zero-order valence-corrected chi connectivity index (χ0v) is 27.8. The van der Waals surface area contributed by atoms with Crippen molar-refractivity contribution in [3.8, 4) is 16.9 Å². The number of amides is 1. The first-order chi connectivity index (χ1) is 22.5. The summed E-state index contributed by atoms with van der Waals surface area (Å²) >= 11 is 13.0. The molecule has 8 nitrogen and oxygen atoms in total. The van der Waals surface area contributed by atoms with E-state index in [2.05, 4.69) is 66.8 Å². The predicted molar refractivity (Wildman–Crippen MR) is 186 cm³/mol. The number of aryl methyl sites for hydroxylation is 1. The first-order valence-electron chi connectivity index (χ1n) is 16.4. The Morgan fingerprint density at radius 1 is 0.978 bits per heavy atom. The van der Waals surface area contributed by atoms with Crippen LogP contribution in [0.15, 0.2) is 66.9 Å². The molecule has 0 saturated carbocycles. The van der Waals surface area contributed by atoms with Crippen LogP contribution in [-0.4, -0.2) is 84.8 Å². The maximum absolute atomic E-state index is 12.6. The summed E-state index contributed by atoms with van der Waals surface area (Å²) in [4.78, 5) is 17.8. The van der Waals surface area contributed by atoms with Gasteiger partial charge in [0.15, 0.2) is 0 Å². The molecule has 4 heterocycles. The molecule has 1 amide bonds.